The van der Waals surface area contributed by atoms with Gasteiger partial charge in [0.15, 0.2) is 0 Å². The number of alkyl halides is 3. The van der Waals surface area contributed by atoms with E-state index in [1.165, 1.54) is 12.1 Å². The Kier molecular flexibility index (Phi) is 7.92. The van der Waals surface area contributed by atoms with Crippen LogP contribution in [0.25, 0.3) is 0 Å². The minimum Gasteiger partial charge on any atom is -0.435 e. The Hall–Kier alpha value is -0.920. The molecular formula is C13H18ClF2NO3S. The van der Waals surface area contributed by atoms with Crippen molar-refractivity contribution in [2.24, 2.45) is 0 Å². The van der Waals surface area contributed by atoms with E-state index in [1.54, 1.807) is 12.1 Å². The zero-order valence-corrected chi connectivity index (χ0v) is 13.0. The van der Waals surface area contributed by atoms with E-state index in [2.05, 4.69) is 9.46 Å². The van der Waals surface area contributed by atoms with Crippen LogP contribution in [-0.4, -0.2) is 33.2 Å². The largest absolute Gasteiger partial charge is 0.435 e. The third-order valence-corrected chi connectivity index (χ3v) is 4.42. The van der Waals surface area contributed by atoms with Gasteiger partial charge < -0.3 is 4.74 Å². The van der Waals surface area contributed by atoms with Gasteiger partial charge in [0, 0.05) is 12.4 Å². The number of halogens is 3. The van der Waals surface area contributed by atoms with Gasteiger partial charge in [-0.25, -0.2) is 13.1 Å². The lowest BCUT2D eigenvalue weighted by Gasteiger charge is -2.07. The molecule has 0 aliphatic carbocycles. The van der Waals surface area contributed by atoms with Crippen molar-refractivity contribution in [2.75, 3.05) is 18.2 Å². The monoisotopic (exact) mass is 341 g/mol. The number of nitrogens with one attached hydrogen (secondary N) is 1. The lowest BCUT2D eigenvalue weighted by Crippen LogP contribution is -2.28. The average Bonchev–Trinajstić information content (AvgIpc) is 2.40. The molecule has 21 heavy (non-hydrogen) atoms. The Morgan fingerprint density at radius 3 is 2.43 bits per heavy atom. The molecule has 0 bridgehead atoms. The van der Waals surface area contributed by atoms with E-state index in [9.17, 15) is 17.2 Å². The van der Waals surface area contributed by atoms with Crippen LogP contribution in [-0.2, 0) is 16.4 Å². The van der Waals surface area contributed by atoms with Crippen molar-refractivity contribution in [3.05, 3.63) is 29.8 Å². The fraction of sp³-hybridized carbons (Fsp3) is 0.538. The Morgan fingerprint density at radius 2 is 1.86 bits per heavy atom. The fourth-order valence-corrected chi connectivity index (χ4v) is 2.98. The van der Waals surface area contributed by atoms with Crippen LogP contribution in [0.3, 0.4) is 0 Å². The Morgan fingerprint density at radius 1 is 1.19 bits per heavy atom. The molecule has 0 aromatic heterocycles. The Labute approximate surface area is 128 Å². The number of benzene rings is 1. The summed E-state index contributed by atoms with van der Waals surface area (Å²) in [6, 6.07) is 6.10. The van der Waals surface area contributed by atoms with Crippen LogP contribution in [0.1, 0.15) is 18.4 Å². The van der Waals surface area contributed by atoms with Gasteiger partial charge in [0.2, 0.25) is 10.0 Å². The maximum absolute atomic E-state index is 12.0. The molecule has 1 aromatic carbocycles. The number of sulfonamides is 1. The maximum atomic E-state index is 12.0. The molecule has 0 unspecified atom stereocenters. The predicted molar refractivity (Wildman–Crippen MR) is 78.5 cm³/mol. The van der Waals surface area contributed by atoms with Crippen LogP contribution in [0.2, 0.25) is 0 Å². The van der Waals surface area contributed by atoms with Crippen LogP contribution in [0.15, 0.2) is 24.3 Å². The molecule has 0 saturated carbocycles. The summed E-state index contributed by atoms with van der Waals surface area (Å²) in [5.74, 6) is 0.582. The van der Waals surface area contributed by atoms with Crippen molar-refractivity contribution >= 4 is 21.6 Å². The van der Waals surface area contributed by atoms with E-state index in [0.717, 1.165) is 5.56 Å². The topological polar surface area (TPSA) is 55.4 Å². The highest BCUT2D eigenvalue weighted by Crippen LogP contribution is 2.15. The normalized spacial score (nSPS) is 11.8. The second kappa shape index (κ2) is 9.17. The maximum Gasteiger partial charge on any atom is 0.387 e. The van der Waals surface area contributed by atoms with Gasteiger partial charge in [-0.2, -0.15) is 8.78 Å². The standard InChI is InChI=1S/C13H18ClF2NO3S/c14-8-1-2-10-21(18,19)17-9-7-11-3-5-12(6-4-11)20-13(15)16/h3-6,13,17H,1-2,7-10H2. The van der Waals surface area contributed by atoms with Crippen molar-refractivity contribution < 1.29 is 21.9 Å². The van der Waals surface area contributed by atoms with Gasteiger partial charge >= 0.3 is 6.61 Å². The molecular weight excluding hydrogens is 324 g/mol. The Balaban J connectivity index is 2.35. The highest BCUT2D eigenvalue weighted by atomic mass is 35.5. The first kappa shape index (κ1) is 18.1. The zero-order valence-electron chi connectivity index (χ0n) is 11.4. The summed E-state index contributed by atoms with van der Waals surface area (Å²) >= 11 is 5.49. The predicted octanol–water partition coefficient (Wildman–Crippen LogP) is 2.77. The van der Waals surface area contributed by atoms with Gasteiger partial charge in [-0.05, 0) is 37.0 Å². The van der Waals surface area contributed by atoms with Crippen LogP contribution in [0, 0.1) is 0 Å². The lowest BCUT2D eigenvalue weighted by molar-refractivity contribution is -0.0498. The van der Waals surface area contributed by atoms with Crippen LogP contribution < -0.4 is 9.46 Å². The number of unbranched alkanes of at least 4 members (excludes halogenated alkanes) is 1. The SMILES string of the molecule is O=S(=O)(CCCCCl)NCCc1ccc(OC(F)F)cc1. The summed E-state index contributed by atoms with van der Waals surface area (Å²) in [6.07, 6.45) is 1.66. The van der Waals surface area contributed by atoms with Gasteiger partial charge in [-0.3, -0.25) is 0 Å². The van der Waals surface area contributed by atoms with Crippen LogP contribution in [0.4, 0.5) is 8.78 Å². The second-order valence-corrected chi connectivity index (χ2v) is 6.69. The van der Waals surface area contributed by atoms with E-state index in [4.69, 9.17) is 11.6 Å². The van der Waals surface area contributed by atoms with E-state index in [-0.39, 0.29) is 18.0 Å². The third-order valence-electron chi connectivity index (χ3n) is 2.68. The molecule has 0 radical (unpaired) electrons. The highest BCUT2D eigenvalue weighted by molar-refractivity contribution is 7.89. The van der Waals surface area contributed by atoms with Gasteiger partial charge in [-0.15, -0.1) is 11.6 Å². The summed E-state index contributed by atoms with van der Waals surface area (Å²) in [4.78, 5) is 0. The lowest BCUT2D eigenvalue weighted by atomic mass is 10.1. The number of hydrogen-bond acceptors (Lipinski definition) is 3. The van der Waals surface area contributed by atoms with E-state index < -0.39 is 16.6 Å². The molecule has 0 spiro atoms. The molecule has 0 aliphatic heterocycles. The summed E-state index contributed by atoms with van der Waals surface area (Å²) in [5.41, 5.74) is 0.833. The third kappa shape index (κ3) is 8.18. The summed E-state index contributed by atoms with van der Waals surface area (Å²) < 4.78 is 53.9. The average molecular weight is 342 g/mol. The second-order valence-electron chi connectivity index (χ2n) is 4.38. The summed E-state index contributed by atoms with van der Waals surface area (Å²) in [7, 11) is -3.28. The number of rotatable bonds is 10. The molecule has 1 rings (SSSR count). The van der Waals surface area contributed by atoms with Crippen molar-refractivity contribution in [3.63, 3.8) is 0 Å². The molecule has 0 amide bonds. The van der Waals surface area contributed by atoms with Gasteiger partial charge in [0.25, 0.3) is 0 Å². The van der Waals surface area contributed by atoms with Crippen LogP contribution in [0.5, 0.6) is 5.75 Å². The Bertz CT molecular complexity index is 509. The first-order valence-corrected chi connectivity index (χ1v) is 8.68. The van der Waals surface area contributed by atoms with Crippen LogP contribution >= 0.6 is 11.6 Å². The molecule has 0 aliphatic rings. The van der Waals surface area contributed by atoms with E-state index in [1.807, 2.05) is 0 Å². The summed E-state index contributed by atoms with van der Waals surface area (Å²) in [5, 5.41) is 0. The van der Waals surface area contributed by atoms with Gasteiger partial charge in [0.05, 0.1) is 5.75 Å². The molecule has 0 heterocycles. The zero-order chi connectivity index (χ0) is 15.7. The highest BCUT2D eigenvalue weighted by Gasteiger charge is 2.09. The first-order valence-electron chi connectivity index (χ1n) is 6.50. The molecule has 8 heteroatoms. The summed E-state index contributed by atoms with van der Waals surface area (Å²) in [6.45, 7) is -2.59. The van der Waals surface area contributed by atoms with Crippen molar-refractivity contribution in [1.82, 2.24) is 4.72 Å². The molecule has 4 nitrogen and oxygen atoms in total. The number of hydrogen-bond donors (Lipinski definition) is 1. The quantitative estimate of drug-likeness (QED) is 0.526. The van der Waals surface area contributed by atoms with Gasteiger partial charge in [0.1, 0.15) is 5.75 Å². The van der Waals surface area contributed by atoms with E-state index in [0.29, 0.717) is 25.1 Å². The van der Waals surface area contributed by atoms with Crippen molar-refractivity contribution in [1.29, 1.82) is 0 Å². The molecule has 1 aromatic rings. The van der Waals surface area contributed by atoms with Crippen molar-refractivity contribution in [3.8, 4) is 5.75 Å². The molecule has 0 fully saturated rings. The fourth-order valence-electron chi connectivity index (χ4n) is 1.65. The molecule has 1 N–H and O–H groups in total. The molecule has 0 saturated heterocycles. The van der Waals surface area contributed by atoms with Gasteiger partial charge in [-0.1, -0.05) is 12.1 Å². The molecule has 120 valence electrons. The number of ether oxygens (including phenoxy) is 1. The van der Waals surface area contributed by atoms with Crippen molar-refractivity contribution in [2.45, 2.75) is 25.9 Å². The minimum absolute atomic E-state index is 0.0564. The smallest absolute Gasteiger partial charge is 0.387 e. The van der Waals surface area contributed by atoms with E-state index >= 15 is 0 Å². The molecule has 0 atom stereocenters. The minimum atomic E-state index is -3.28. The first-order chi connectivity index (χ1) is 9.93.